The second-order valence-corrected chi connectivity index (χ2v) is 5.77. The van der Waals surface area contributed by atoms with Gasteiger partial charge in [-0.2, -0.15) is 0 Å². The Morgan fingerprint density at radius 2 is 1.95 bits per heavy atom. The second-order valence-electron chi connectivity index (χ2n) is 5.77. The van der Waals surface area contributed by atoms with Gasteiger partial charge in [0.15, 0.2) is 0 Å². The van der Waals surface area contributed by atoms with Crippen LogP contribution < -0.4 is 10.6 Å². The molecule has 0 aliphatic heterocycles. The van der Waals surface area contributed by atoms with Gasteiger partial charge < -0.3 is 15.4 Å². The molecule has 1 aromatic rings. The van der Waals surface area contributed by atoms with Crippen LogP contribution in [-0.2, 0) is 16.0 Å². The standard InChI is InChI=1S/C16H26N2O2/c1-16(2,11-14-7-5-4-6-8-14)13-18-15(19)12-17-9-10-20-3/h4-8,17H,9-13H2,1-3H3,(H,18,19). The van der Waals surface area contributed by atoms with E-state index < -0.39 is 0 Å². The number of amides is 1. The van der Waals surface area contributed by atoms with Crippen LogP contribution in [0.2, 0.25) is 0 Å². The quantitative estimate of drug-likeness (QED) is 0.675. The minimum Gasteiger partial charge on any atom is -0.383 e. The van der Waals surface area contributed by atoms with Crippen molar-refractivity contribution < 1.29 is 9.53 Å². The molecule has 1 rings (SSSR count). The van der Waals surface area contributed by atoms with Gasteiger partial charge in [-0.05, 0) is 17.4 Å². The zero-order valence-corrected chi connectivity index (χ0v) is 12.7. The number of nitrogens with one attached hydrogen (secondary N) is 2. The van der Waals surface area contributed by atoms with Crippen molar-refractivity contribution in [3.05, 3.63) is 35.9 Å². The van der Waals surface area contributed by atoms with Gasteiger partial charge in [-0.3, -0.25) is 4.79 Å². The van der Waals surface area contributed by atoms with Crippen molar-refractivity contribution in [1.29, 1.82) is 0 Å². The van der Waals surface area contributed by atoms with Crippen LogP contribution in [0.4, 0.5) is 0 Å². The van der Waals surface area contributed by atoms with Crippen LogP contribution in [0.5, 0.6) is 0 Å². The summed E-state index contributed by atoms with van der Waals surface area (Å²) in [5.74, 6) is 0.0299. The molecule has 0 bridgehead atoms. The third-order valence-corrected chi connectivity index (χ3v) is 3.06. The second kappa shape index (κ2) is 8.72. The molecule has 112 valence electrons. The molecule has 20 heavy (non-hydrogen) atoms. The minimum absolute atomic E-state index is 0.0299. The topological polar surface area (TPSA) is 50.4 Å². The van der Waals surface area contributed by atoms with E-state index in [4.69, 9.17) is 4.74 Å². The monoisotopic (exact) mass is 278 g/mol. The summed E-state index contributed by atoms with van der Waals surface area (Å²) in [5.41, 5.74) is 1.34. The highest BCUT2D eigenvalue weighted by molar-refractivity contribution is 5.78. The third-order valence-electron chi connectivity index (χ3n) is 3.06. The number of hydrogen-bond acceptors (Lipinski definition) is 3. The van der Waals surface area contributed by atoms with E-state index in [1.54, 1.807) is 7.11 Å². The van der Waals surface area contributed by atoms with Crippen molar-refractivity contribution in [1.82, 2.24) is 10.6 Å². The first kappa shape index (κ1) is 16.7. The predicted octanol–water partition coefficient (Wildman–Crippen LogP) is 1.61. The number of rotatable bonds is 9. The van der Waals surface area contributed by atoms with Crippen molar-refractivity contribution in [2.75, 3.05) is 33.4 Å². The fourth-order valence-corrected chi connectivity index (χ4v) is 1.99. The number of methoxy groups -OCH3 is 1. The summed E-state index contributed by atoms with van der Waals surface area (Å²) in [6.45, 7) is 6.65. The Hall–Kier alpha value is -1.39. The first-order valence-electron chi connectivity index (χ1n) is 7.04. The van der Waals surface area contributed by atoms with Crippen molar-refractivity contribution in [2.24, 2.45) is 5.41 Å². The maximum absolute atomic E-state index is 11.7. The lowest BCUT2D eigenvalue weighted by Crippen LogP contribution is -2.40. The Labute approximate surface area is 121 Å². The average Bonchev–Trinajstić information content (AvgIpc) is 2.42. The maximum Gasteiger partial charge on any atom is 0.233 e. The summed E-state index contributed by atoms with van der Waals surface area (Å²) in [7, 11) is 1.65. The normalized spacial score (nSPS) is 11.3. The molecule has 0 aliphatic rings. The van der Waals surface area contributed by atoms with E-state index in [0.29, 0.717) is 26.2 Å². The fraction of sp³-hybridized carbons (Fsp3) is 0.562. The summed E-state index contributed by atoms with van der Waals surface area (Å²) in [4.78, 5) is 11.7. The number of ether oxygens (including phenoxy) is 1. The molecule has 1 aromatic carbocycles. The molecular formula is C16H26N2O2. The first-order valence-corrected chi connectivity index (χ1v) is 7.04. The highest BCUT2D eigenvalue weighted by Crippen LogP contribution is 2.20. The number of hydrogen-bond donors (Lipinski definition) is 2. The zero-order valence-electron chi connectivity index (χ0n) is 12.7. The fourth-order valence-electron chi connectivity index (χ4n) is 1.99. The van der Waals surface area contributed by atoms with E-state index in [0.717, 1.165) is 6.42 Å². The molecule has 0 saturated heterocycles. The van der Waals surface area contributed by atoms with Crippen LogP contribution in [0, 0.1) is 5.41 Å². The summed E-state index contributed by atoms with van der Waals surface area (Å²) in [6.07, 6.45) is 0.950. The van der Waals surface area contributed by atoms with Gasteiger partial charge in [0, 0.05) is 20.2 Å². The van der Waals surface area contributed by atoms with Crippen LogP contribution in [0.3, 0.4) is 0 Å². The third kappa shape index (κ3) is 7.26. The number of carbonyl (C=O) groups excluding carboxylic acids is 1. The molecule has 1 amide bonds. The molecule has 0 saturated carbocycles. The summed E-state index contributed by atoms with van der Waals surface area (Å²) < 4.78 is 4.91. The molecule has 0 fully saturated rings. The molecule has 2 N–H and O–H groups in total. The summed E-state index contributed by atoms with van der Waals surface area (Å²) in [5, 5.41) is 6.01. The molecule has 0 heterocycles. The van der Waals surface area contributed by atoms with Gasteiger partial charge >= 0.3 is 0 Å². The van der Waals surface area contributed by atoms with Gasteiger partial charge in [-0.25, -0.2) is 0 Å². The van der Waals surface area contributed by atoms with Crippen LogP contribution in [-0.4, -0.2) is 39.3 Å². The Bertz CT molecular complexity index is 391. The Kier molecular flexibility index (Phi) is 7.26. The van der Waals surface area contributed by atoms with Gasteiger partial charge in [-0.15, -0.1) is 0 Å². The molecule has 4 heteroatoms. The van der Waals surface area contributed by atoms with Crippen molar-refractivity contribution in [2.45, 2.75) is 20.3 Å². The molecule has 0 aromatic heterocycles. The highest BCUT2D eigenvalue weighted by Gasteiger charge is 2.19. The lowest BCUT2D eigenvalue weighted by molar-refractivity contribution is -0.120. The summed E-state index contributed by atoms with van der Waals surface area (Å²) >= 11 is 0. The van der Waals surface area contributed by atoms with E-state index in [1.165, 1.54) is 5.56 Å². The average molecular weight is 278 g/mol. The summed E-state index contributed by atoms with van der Waals surface area (Å²) in [6, 6.07) is 10.4. The van der Waals surface area contributed by atoms with Crippen LogP contribution in [0.1, 0.15) is 19.4 Å². The molecule has 4 nitrogen and oxygen atoms in total. The SMILES string of the molecule is COCCNCC(=O)NCC(C)(C)Cc1ccccc1. The van der Waals surface area contributed by atoms with E-state index in [1.807, 2.05) is 18.2 Å². The lowest BCUT2D eigenvalue weighted by atomic mass is 9.85. The van der Waals surface area contributed by atoms with Gasteiger partial charge in [0.2, 0.25) is 5.91 Å². The Morgan fingerprint density at radius 1 is 1.25 bits per heavy atom. The van der Waals surface area contributed by atoms with Crippen molar-refractivity contribution in [3.8, 4) is 0 Å². The zero-order chi connectivity index (χ0) is 14.8. The van der Waals surface area contributed by atoms with Gasteiger partial charge in [-0.1, -0.05) is 44.2 Å². The van der Waals surface area contributed by atoms with Gasteiger partial charge in [0.05, 0.1) is 13.2 Å². The molecule has 0 atom stereocenters. The first-order chi connectivity index (χ1) is 9.53. The van der Waals surface area contributed by atoms with Crippen LogP contribution >= 0.6 is 0 Å². The van der Waals surface area contributed by atoms with Crippen LogP contribution in [0.15, 0.2) is 30.3 Å². The highest BCUT2D eigenvalue weighted by atomic mass is 16.5. The lowest BCUT2D eigenvalue weighted by Gasteiger charge is -2.25. The number of benzene rings is 1. The predicted molar refractivity (Wildman–Crippen MR) is 81.7 cm³/mol. The molecule has 0 aliphatic carbocycles. The number of carbonyl (C=O) groups is 1. The Morgan fingerprint density at radius 3 is 2.60 bits per heavy atom. The van der Waals surface area contributed by atoms with E-state index >= 15 is 0 Å². The minimum atomic E-state index is 0.0299. The molecule has 0 spiro atoms. The molecule has 0 unspecified atom stereocenters. The molecule has 0 radical (unpaired) electrons. The largest absolute Gasteiger partial charge is 0.383 e. The van der Waals surface area contributed by atoms with Crippen LogP contribution in [0.25, 0.3) is 0 Å². The van der Waals surface area contributed by atoms with Crippen molar-refractivity contribution >= 4 is 5.91 Å². The van der Waals surface area contributed by atoms with Gasteiger partial charge in [0.25, 0.3) is 0 Å². The smallest absolute Gasteiger partial charge is 0.233 e. The molecular weight excluding hydrogens is 252 g/mol. The van der Waals surface area contributed by atoms with Crippen molar-refractivity contribution in [3.63, 3.8) is 0 Å². The van der Waals surface area contributed by atoms with E-state index in [2.05, 4.69) is 36.6 Å². The Balaban J connectivity index is 2.26. The van der Waals surface area contributed by atoms with E-state index in [9.17, 15) is 4.79 Å². The van der Waals surface area contributed by atoms with Gasteiger partial charge in [0.1, 0.15) is 0 Å². The van der Waals surface area contributed by atoms with E-state index in [-0.39, 0.29) is 11.3 Å². The maximum atomic E-state index is 11.7.